The first-order valence-corrected chi connectivity index (χ1v) is 5.83. The van der Waals surface area contributed by atoms with Crippen molar-refractivity contribution in [1.29, 1.82) is 0 Å². The van der Waals surface area contributed by atoms with Gasteiger partial charge in [0.1, 0.15) is 0 Å². The fourth-order valence-corrected chi connectivity index (χ4v) is 1.07. The molecule has 0 saturated carbocycles. The molecule has 0 radical (unpaired) electrons. The van der Waals surface area contributed by atoms with Crippen LogP contribution in [0.1, 0.15) is 13.3 Å². The van der Waals surface area contributed by atoms with Gasteiger partial charge >= 0.3 is 0 Å². The van der Waals surface area contributed by atoms with Crippen LogP contribution in [0.25, 0.3) is 0 Å². The minimum Gasteiger partial charge on any atom is -0.399 e. The van der Waals surface area contributed by atoms with Crippen LogP contribution in [0.4, 0.5) is 0 Å². The zero-order valence-corrected chi connectivity index (χ0v) is 10.9. The van der Waals surface area contributed by atoms with Crippen LogP contribution in [-0.2, 0) is 14.2 Å². The number of hydrazine groups is 1. The zero-order valence-electron chi connectivity index (χ0n) is 10.9. The van der Waals surface area contributed by atoms with E-state index in [1.54, 1.807) is 13.2 Å². The molecule has 0 rings (SSSR count). The van der Waals surface area contributed by atoms with Crippen LogP contribution < -0.4 is 11.6 Å². The highest BCUT2D eigenvalue weighted by Crippen LogP contribution is 1.88. The fourth-order valence-electron chi connectivity index (χ4n) is 1.07. The quantitative estimate of drug-likeness (QED) is 0.305. The molecule has 0 aromatic carbocycles. The van der Waals surface area contributed by atoms with Crippen molar-refractivity contribution in [3.63, 3.8) is 0 Å². The minimum absolute atomic E-state index is 0.358. The Morgan fingerprint density at radius 1 is 1.06 bits per heavy atom. The van der Waals surface area contributed by atoms with Gasteiger partial charge in [0.15, 0.2) is 0 Å². The molecular formula is C11H25N3O3. The van der Waals surface area contributed by atoms with Crippen molar-refractivity contribution in [3.8, 4) is 0 Å². The van der Waals surface area contributed by atoms with E-state index >= 15 is 0 Å². The van der Waals surface area contributed by atoms with Crippen molar-refractivity contribution in [2.24, 2.45) is 11.6 Å². The van der Waals surface area contributed by atoms with Gasteiger partial charge in [-0.1, -0.05) is 6.92 Å². The van der Waals surface area contributed by atoms with E-state index in [1.807, 2.05) is 0 Å². The van der Waals surface area contributed by atoms with Crippen LogP contribution in [0.3, 0.4) is 0 Å². The fraction of sp³-hybridized carbons (Fsp3) is 0.818. The van der Waals surface area contributed by atoms with E-state index in [0.29, 0.717) is 38.7 Å². The van der Waals surface area contributed by atoms with E-state index in [1.165, 1.54) is 5.01 Å². The highest BCUT2D eigenvalue weighted by Gasteiger charge is 1.93. The largest absolute Gasteiger partial charge is 0.399 e. The van der Waals surface area contributed by atoms with E-state index in [9.17, 15) is 0 Å². The molecule has 0 spiro atoms. The van der Waals surface area contributed by atoms with Gasteiger partial charge in [-0.2, -0.15) is 0 Å². The Kier molecular flexibility index (Phi) is 11.1. The second-order valence-electron chi connectivity index (χ2n) is 3.65. The molecule has 4 N–H and O–H groups in total. The van der Waals surface area contributed by atoms with E-state index in [2.05, 4.69) is 6.92 Å². The average molecular weight is 247 g/mol. The SMILES string of the molecule is CCCOCCOCCOC/C(N)=C/N(C)N. The van der Waals surface area contributed by atoms with E-state index < -0.39 is 0 Å². The third-order valence-corrected chi connectivity index (χ3v) is 1.73. The maximum Gasteiger partial charge on any atom is 0.0876 e. The molecule has 0 aliphatic rings. The van der Waals surface area contributed by atoms with E-state index in [0.717, 1.165) is 13.0 Å². The van der Waals surface area contributed by atoms with Crippen LogP contribution in [0.5, 0.6) is 0 Å². The number of hydrogen-bond donors (Lipinski definition) is 2. The van der Waals surface area contributed by atoms with Gasteiger partial charge in [0.05, 0.1) is 38.7 Å². The molecule has 0 bridgehead atoms. The maximum atomic E-state index is 5.62. The highest BCUT2D eigenvalue weighted by atomic mass is 16.5. The van der Waals surface area contributed by atoms with Crippen LogP contribution in [0, 0.1) is 0 Å². The molecule has 6 heteroatoms. The van der Waals surface area contributed by atoms with Crippen molar-refractivity contribution < 1.29 is 14.2 Å². The number of rotatable bonds is 11. The second kappa shape index (κ2) is 11.7. The molecule has 102 valence electrons. The molecule has 0 aliphatic heterocycles. The first kappa shape index (κ1) is 16.2. The Morgan fingerprint density at radius 2 is 1.59 bits per heavy atom. The summed E-state index contributed by atoms with van der Waals surface area (Å²) in [6.45, 7) is 5.50. The van der Waals surface area contributed by atoms with E-state index in [4.69, 9.17) is 25.8 Å². The Hall–Kier alpha value is -0.820. The van der Waals surface area contributed by atoms with Gasteiger partial charge in [-0.25, -0.2) is 5.84 Å². The second-order valence-corrected chi connectivity index (χ2v) is 3.65. The molecular weight excluding hydrogens is 222 g/mol. The molecule has 0 saturated heterocycles. The van der Waals surface area contributed by atoms with Crippen LogP contribution in [0.15, 0.2) is 11.9 Å². The van der Waals surface area contributed by atoms with Gasteiger partial charge in [0.2, 0.25) is 0 Å². The lowest BCUT2D eigenvalue weighted by atomic mass is 10.5. The smallest absolute Gasteiger partial charge is 0.0876 e. The zero-order chi connectivity index (χ0) is 12.9. The predicted octanol–water partition coefficient (Wildman–Crippen LogP) is 0.0518. The molecule has 0 aromatic heterocycles. The third-order valence-electron chi connectivity index (χ3n) is 1.73. The van der Waals surface area contributed by atoms with Gasteiger partial charge < -0.3 is 25.0 Å². The maximum absolute atomic E-state index is 5.62. The lowest BCUT2D eigenvalue weighted by Crippen LogP contribution is -2.22. The van der Waals surface area contributed by atoms with Crippen molar-refractivity contribution in [2.45, 2.75) is 13.3 Å². The summed E-state index contributed by atoms with van der Waals surface area (Å²) in [5.74, 6) is 5.39. The number of ether oxygens (including phenoxy) is 3. The number of hydrogen-bond acceptors (Lipinski definition) is 6. The first-order chi connectivity index (χ1) is 8.16. The molecule has 17 heavy (non-hydrogen) atoms. The molecule has 0 heterocycles. The number of nitrogens with two attached hydrogens (primary N) is 2. The van der Waals surface area contributed by atoms with Crippen molar-refractivity contribution >= 4 is 0 Å². The molecule has 6 nitrogen and oxygen atoms in total. The van der Waals surface area contributed by atoms with Gasteiger partial charge in [-0.05, 0) is 6.42 Å². The molecule has 0 aromatic rings. The topological polar surface area (TPSA) is 83.0 Å². The summed E-state index contributed by atoms with van der Waals surface area (Å²) >= 11 is 0. The molecule has 0 unspecified atom stereocenters. The summed E-state index contributed by atoms with van der Waals surface area (Å²) in [4.78, 5) is 0. The minimum atomic E-state index is 0.358. The van der Waals surface area contributed by atoms with Crippen LogP contribution >= 0.6 is 0 Å². The standard InChI is InChI=1S/C11H25N3O3/c1-3-4-15-5-6-16-7-8-17-10-11(12)9-14(2)13/h9H,3-8,10,12-13H2,1-2H3/b11-9-. The normalized spacial score (nSPS) is 11.8. The summed E-state index contributed by atoms with van der Waals surface area (Å²) < 4.78 is 15.8. The first-order valence-electron chi connectivity index (χ1n) is 5.83. The van der Waals surface area contributed by atoms with Crippen LogP contribution in [0.2, 0.25) is 0 Å². The summed E-state index contributed by atoms with van der Waals surface area (Å²) in [5.41, 5.74) is 6.21. The monoisotopic (exact) mass is 247 g/mol. The Bertz CT molecular complexity index is 198. The molecule has 0 aliphatic carbocycles. The van der Waals surface area contributed by atoms with Crippen molar-refractivity contribution in [1.82, 2.24) is 5.01 Å². The Morgan fingerprint density at radius 3 is 2.12 bits per heavy atom. The lowest BCUT2D eigenvalue weighted by molar-refractivity contribution is 0.0184. The Labute approximate surface area is 103 Å². The molecule has 0 amide bonds. The average Bonchev–Trinajstić information content (AvgIpc) is 2.26. The predicted molar refractivity (Wildman–Crippen MR) is 67.0 cm³/mol. The third kappa shape index (κ3) is 13.1. The van der Waals surface area contributed by atoms with Crippen LogP contribution in [-0.4, -0.2) is 51.7 Å². The van der Waals surface area contributed by atoms with Gasteiger partial charge in [-0.3, -0.25) is 0 Å². The summed E-state index contributed by atoms with van der Waals surface area (Å²) in [5, 5.41) is 1.39. The molecule has 0 atom stereocenters. The molecule has 0 fully saturated rings. The van der Waals surface area contributed by atoms with Gasteiger partial charge in [-0.15, -0.1) is 0 Å². The lowest BCUT2D eigenvalue weighted by Gasteiger charge is -2.09. The van der Waals surface area contributed by atoms with Gasteiger partial charge in [0, 0.05) is 19.9 Å². The summed E-state index contributed by atoms with van der Waals surface area (Å²) in [7, 11) is 1.70. The Balaban J connectivity index is 3.18. The van der Waals surface area contributed by atoms with E-state index in [-0.39, 0.29) is 0 Å². The van der Waals surface area contributed by atoms with Crippen molar-refractivity contribution in [2.75, 3.05) is 46.7 Å². The highest BCUT2D eigenvalue weighted by molar-refractivity contribution is 4.94. The summed E-state index contributed by atoms with van der Waals surface area (Å²) in [6.07, 6.45) is 2.64. The summed E-state index contributed by atoms with van der Waals surface area (Å²) in [6, 6.07) is 0. The van der Waals surface area contributed by atoms with Crippen molar-refractivity contribution in [3.05, 3.63) is 11.9 Å². The van der Waals surface area contributed by atoms with Gasteiger partial charge in [0.25, 0.3) is 0 Å². The number of nitrogens with zero attached hydrogens (tertiary/aromatic N) is 1.